The zero-order valence-corrected chi connectivity index (χ0v) is 13.4. The molecule has 2 amide bonds. The molecule has 0 aromatic heterocycles. The molecular weight excluding hydrogens is 288 g/mol. The Labute approximate surface area is 136 Å². The molecule has 0 bridgehead atoms. The second kappa shape index (κ2) is 6.24. The van der Waals surface area contributed by atoms with Gasteiger partial charge in [-0.25, -0.2) is 0 Å². The number of hydrogen-bond acceptors (Lipinski definition) is 2. The minimum atomic E-state index is -0.0424. The number of rotatable bonds is 4. The number of aryl methyl sites for hydroxylation is 1. The third-order valence-electron chi connectivity index (χ3n) is 4.31. The van der Waals surface area contributed by atoms with Crippen LogP contribution in [0.5, 0.6) is 0 Å². The fraction of sp³-hybridized carbons (Fsp3) is 0.263. The monoisotopic (exact) mass is 308 g/mol. The zero-order chi connectivity index (χ0) is 16.4. The summed E-state index contributed by atoms with van der Waals surface area (Å²) in [6.07, 6.45) is 1.22. The minimum absolute atomic E-state index is 0.0424. The molecule has 4 nitrogen and oxygen atoms in total. The molecule has 0 fully saturated rings. The van der Waals surface area contributed by atoms with Crippen molar-refractivity contribution in [1.29, 1.82) is 0 Å². The van der Waals surface area contributed by atoms with Crippen LogP contribution in [0.1, 0.15) is 27.0 Å². The summed E-state index contributed by atoms with van der Waals surface area (Å²) in [7, 11) is 1.80. The topological polar surface area (TPSA) is 49.4 Å². The summed E-state index contributed by atoms with van der Waals surface area (Å²) in [5, 5.41) is 2.96. The molecule has 0 atom stereocenters. The number of carbonyl (C=O) groups excluding carboxylic acids is 2. The first kappa shape index (κ1) is 15.3. The Balaban J connectivity index is 1.60. The van der Waals surface area contributed by atoms with Crippen LogP contribution in [0, 0.1) is 6.92 Å². The van der Waals surface area contributed by atoms with Crippen LogP contribution in [0.3, 0.4) is 0 Å². The summed E-state index contributed by atoms with van der Waals surface area (Å²) < 4.78 is 0. The van der Waals surface area contributed by atoms with E-state index < -0.39 is 0 Å². The van der Waals surface area contributed by atoms with Crippen molar-refractivity contribution in [3.05, 3.63) is 64.7 Å². The highest BCUT2D eigenvalue weighted by atomic mass is 16.2. The molecule has 1 aliphatic rings. The molecule has 1 heterocycles. The molecule has 1 aliphatic heterocycles. The molecule has 0 spiro atoms. The predicted molar refractivity (Wildman–Crippen MR) is 90.8 cm³/mol. The number of nitrogens with one attached hydrogen (secondary N) is 1. The Kier molecular flexibility index (Phi) is 4.15. The lowest BCUT2D eigenvalue weighted by molar-refractivity contribution is -0.117. The highest BCUT2D eigenvalue weighted by molar-refractivity contribution is 6.01. The van der Waals surface area contributed by atoms with E-state index in [9.17, 15) is 9.59 Å². The van der Waals surface area contributed by atoms with Gasteiger partial charge in [0, 0.05) is 24.8 Å². The molecule has 0 aliphatic carbocycles. The number of fused-ring (bicyclic) bond motifs is 1. The van der Waals surface area contributed by atoms with Crippen LogP contribution in [-0.2, 0) is 17.6 Å². The lowest BCUT2D eigenvalue weighted by Gasteiger charge is -2.11. The van der Waals surface area contributed by atoms with Crippen LogP contribution in [0.25, 0.3) is 0 Å². The summed E-state index contributed by atoms with van der Waals surface area (Å²) in [5.41, 5.74) is 4.89. The summed E-state index contributed by atoms with van der Waals surface area (Å²) >= 11 is 0. The van der Waals surface area contributed by atoms with Gasteiger partial charge in [-0.3, -0.25) is 9.59 Å². The first-order valence-corrected chi connectivity index (χ1v) is 7.78. The van der Waals surface area contributed by atoms with Gasteiger partial charge < -0.3 is 10.2 Å². The van der Waals surface area contributed by atoms with Crippen molar-refractivity contribution in [2.24, 2.45) is 0 Å². The average Bonchev–Trinajstić information content (AvgIpc) is 2.82. The number of carbonyl (C=O) groups is 2. The lowest BCUT2D eigenvalue weighted by Crippen LogP contribution is -2.26. The average molecular weight is 308 g/mol. The molecule has 1 N–H and O–H groups in total. The largest absolute Gasteiger partial charge is 0.352 e. The van der Waals surface area contributed by atoms with E-state index in [1.54, 1.807) is 11.9 Å². The first-order valence-electron chi connectivity index (χ1n) is 7.78. The van der Waals surface area contributed by atoms with E-state index in [1.807, 2.05) is 43.3 Å². The Morgan fingerprint density at radius 2 is 2.00 bits per heavy atom. The van der Waals surface area contributed by atoms with E-state index >= 15 is 0 Å². The van der Waals surface area contributed by atoms with Gasteiger partial charge in [0.2, 0.25) is 5.91 Å². The van der Waals surface area contributed by atoms with Crippen LogP contribution < -0.4 is 10.2 Å². The zero-order valence-electron chi connectivity index (χ0n) is 13.4. The number of hydrogen-bond donors (Lipinski definition) is 1. The van der Waals surface area contributed by atoms with Crippen LogP contribution in [-0.4, -0.2) is 25.4 Å². The van der Waals surface area contributed by atoms with Crippen molar-refractivity contribution >= 4 is 17.5 Å². The van der Waals surface area contributed by atoms with Crippen molar-refractivity contribution in [3.63, 3.8) is 0 Å². The molecular formula is C19H20N2O2. The maximum atomic E-state index is 12.2. The number of nitrogens with zero attached hydrogens (tertiary/aromatic N) is 1. The summed E-state index contributed by atoms with van der Waals surface area (Å²) in [4.78, 5) is 25.6. The number of benzene rings is 2. The van der Waals surface area contributed by atoms with Crippen LogP contribution in [0.4, 0.5) is 5.69 Å². The molecule has 0 saturated heterocycles. The Morgan fingerprint density at radius 3 is 2.78 bits per heavy atom. The van der Waals surface area contributed by atoms with Gasteiger partial charge >= 0.3 is 0 Å². The molecule has 2 aromatic carbocycles. The SMILES string of the molecule is Cc1ccccc1C(=O)NCCc1ccc2c(c1)CC(=O)N2C. The van der Waals surface area contributed by atoms with Crippen LogP contribution in [0.15, 0.2) is 42.5 Å². The van der Waals surface area contributed by atoms with Crippen molar-refractivity contribution in [1.82, 2.24) is 5.32 Å². The van der Waals surface area contributed by atoms with Gasteiger partial charge in [0.25, 0.3) is 5.91 Å². The maximum Gasteiger partial charge on any atom is 0.251 e. The Morgan fingerprint density at radius 1 is 1.22 bits per heavy atom. The standard InChI is InChI=1S/C19H20N2O2/c1-13-5-3-4-6-16(13)19(23)20-10-9-14-7-8-17-15(11-14)12-18(22)21(17)2/h3-8,11H,9-10,12H2,1-2H3,(H,20,23). The van der Waals surface area contributed by atoms with Crippen molar-refractivity contribution < 1.29 is 9.59 Å². The normalized spacial score (nSPS) is 13.1. The highest BCUT2D eigenvalue weighted by Crippen LogP contribution is 2.28. The third kappa shape index (κ3) is 3.11. The molecule has 0 radical (unpaired) electrons. The molecule has 3 rings (SSSR count). The number of anilines is 1. The number of likely N-dealkylation sites (N-methyl/N-ethyl adjacent to an activating group) is 1. The van der Waals surface area contributed by atoms with Crippen molar-refractivity contribution in [2.45, 2.75) is 19.8 Å². The van der Waals surface area contributed by atoms with Gasteiger partial charge in [0.15, 0.2) is 0 Å². The van der Waals surface area contributed by atoms with Gasteiger partial charge in [-0.15, -0.1) is 0 Å². The Bertz CT molecular complexity index is 768. The molecule has 0 saturated carbocycles. The van der Waals surface area contributed by atoms with E-state index in [2.05, 4.69) is 11.4 Å². The van der Waals surface area contributed by atoms with Gasteiger partial charge in [-0.2, -0.15) is 0 Å². The Hall–Kier alpha value is -2.62. The van der Waals surface area contributed by atoms with Crippen molar-refractivity contribution in [2.75, 3.05) is 18.5 Å². The predicted octanol–water partition coefficient (Wildman–Crippen LogP) is 2.49. The van der Waals surface area contributed by atoms with E-state index in [0.29, 0.717) is 18.5 Å². The highest BCUT2D eigenvalue weighted by Gasteiger charge is 2.23. The van der Waals surface area contributed by atoms with Gasteiger partial charge in [-0.1, -0.05) is 30.3 Å². The quantitative estimate of drug-likeness (QED) is 0.943. The summed E-state index contributed by atoms with van der Waals surface area (Å²) in [6, 6.07) is 13.6. The van der Waals surface area contributed by atoms with Gasteiger partial charge in [-0.05, 0) is 42.2 Å². The maximum absolute atomic E-state index is 12.2. The van der Waals surface area contributed by atoms with E-state index in [1.165, 1.54) is 0 Å². The third-order valence-corrected chi connectivity index (χ3v) is 4.31. The molecule has 23 heavy (non-hydrogen) atoms. The minimum Gasteiger partial charge on any atom is -0.352 e. The molecule has 4 heteroatoms. The number of amides is 2. The fourth-order valence-corrected chi connectivity index (χ4v) is 2.92. The second-order valence-electron chi connectivity index (χ2n) is 5.91. The van der Waals surface area contributed by atoms with E-state index in [0.717, 1.165) is 28.8 Å². The van der Waals surface area contributed by atoms with E-state index in [-0.39, 0.29) is 11.8 Å². The molecule has 118 valence electrons. The first-order chi connectivity index (χ1) is 11.1. The molecule has 2 aromatic rings. The van der Waals surface area contributed by atoms with Crippen LogP contribution >= 0.6 is 0 Å². The van der Waals surface area contributed by atoms with E-state index in [4.69, 9.17) is 0 Å². The summed E-state index contributed by atoms with van der Waals surface area (Å²) in [5.74, 6) is 0.0872. The van der Waals surface area contributed by atoms with Gasteiger partial charge in [0.1, 0.15) is 0 Å². The smallest absolute Gasteiger partial charge is 0.251 e. The lowest BCUT2D eigenvalue weighted by atomic mass is 10.1. The summed E-state index contributed by atoms with van der Waals surface area (Å²) in [6.45, 7) is 2.51. The van der Waals surface area contributed by atoms with Crippen molar-refractivity contribution in [3.8, 4) is 0 Å². The second-order valence-corrected chi connectivity index (χ2v) is 5.91. The van der Waals surface area contributed by atoms with Gasteiger partial charge in [0.05, 0.1) is 6.42 Å². The fourth-order valence-electron chi connectivity index (χ4n) is 2.92. The van der Waals surface area contributed by atoms with Crippen LogP contribution in [0.2, 0.25) is 0 Å². The molecule has 0 unspecified atom stereocenters.